The van der Waals surface area contributed by atoms with Crippen molar-refractivity contribution in [2.75, 3.05) is 6.54 Å². The Hall–Kier alpha value is -0.690. The van der Waals surface area contributed by atoms with Crippen molar-refractivity contribution in [3.8, 4) is 0 Å². The van der Waals surface area contributed by atoms with Crippen LogP contribution in [-0.4, -0.2) is 11.4 Å². The molecule has 10 heavy (non-hydrogen) atoms. The minimum Gasteiger partial charge on any atom is -0.326 e. The second-order valence-corrected chi connectivity index (χ2v) is 2.21. The van der Waals surface area contributed by atoms with Crippen LogP contribution in [0, 0.1) is 0 Å². The van der Waals surface area contributed by atoms with Gasteiger partial charge in [-0.3, -0.25) is 0 Å². The molecule has 2 N–H and O–H groups in total. The van der Waals surface area contributed by atoms with Gasteiger partial charge in [-0.25, -0.2) is 0 Å². The molecule has 0 unspecified atom stereocenters. The molecule has 0 aliphatic carbocycles. The van der Waals surface area contributed by atoms with Gasteiger partial charge in [-0.2, -0.15) is 0 Å². The lowest BCUT2D eigenvalue weighted by Gasteiger charge is -1.97. The first-order valence-corrected chi connectivity index (χ1v) is 3.42. The zero-order valence-electron chi connectivity index (χ0n) is 6.05. The number of allylic oxidation sites excluding steroid dienone is 2. The Bertz CT molecular complexity index is 197. The van der Waals surface area contributed by atoms with Gasteiger partial charge in [0.2, 0.25) is 0 Å². The second-order valence-electron chi connectivity index (χ2n) is 1.72. The van der Waals surface area contributed by atoms with E-state index in [-0.39, 0.29) is 0 Å². The Balaban J connectivity index is 4.38. The predicted molar refractivity (Wildman–Crippen MR) is 49.1 cm³/mol. The van der Waals surface area contributed by atoms with E-state index in [2.05, 4.69) is 12.3 Å². The van der Waals surface area contributed by atoms with E-state index in [1.807, 2.05) is 13.0 Å². The number of thiocarbonyl (C=S) groups is 1. The summed E-state index contributed by atoms with van der Waals surface area (Å²) >= 11 is 4.95. The Morgan fingerprint density at radius 3 is 2.70 bits per heavy atom. The maximum Gasteiger partial charge on any atom is 0.0363 e. The highest BCUT2D eigenvalue weighted by molar-refractivity contribution is 7.81. The van der Waals surface area contributed by atoms with Crippen molar-refractivity contribution in [2.24, 2.45) is 5.73 Å². The summed E-state index contributed by atoms with van der Waals surface area (Å²) in [5.74, 6) is 0. The molecule has 0 saturated heterocycles. The van der Waals surface area contributed by atoms with E-state index in [1.54, 1.807) is 6.08 Å². The summed E-state index contributed by atoms with van der Waals surface area (Å²) in [5.41, 5.74) is 8.91. The van der Waals surface area contributed by atoms with Crippen molar-refractivity contribution in [3.05, 3.63) is 30.0 Å². The van der Waals surface area contributed by atoms with Crippen molar-refractivity contribution in [2.45, 2.75) is 6.92 Å². The zero-order chi connectivity index (χ0) is 7.98. The first-order chi connectivity index (χ1) is 4.76. The van der Waals surface area contributed by atoms with E-state index in [0.29, 0.717) is 6.54 Å². The van der Waals surface area contributed by atoms with Crippen molar-refractivity contribution in [1.29, 1.82) is 0 Å². The van der Waals surface area contributed by atoms with Gasteiger partial charge >= 0.3 is 0 Å². The van der Waals surface area contributed by atoms with Gasteiger partial charge in [-0.15, -0.1) is 5.73 Å². The normalized spacial score (nSPS) is 10.4. The fraction of sp³-hybridized carbons (Fsp3) is 0.250. The molecule has 0 aromatic rings. The van der Waals surface area contributed by atoms with Gasteiger partial charge in [0.15, 0.2) is 0 Å². The first-order valence-electron chi connectivity index (χ1n) is 3.01. The first kappa shape index (κ1) is 9.31. The molecular weight excluding hydrogens is 142 g/mol. The maximum atomic E-state index is 5.33. The van der Waals surface area contributed by atoms with E-state index in [9.17, 15) is 0 Å². The van der Waals surface area contributed by atoms with Gasteiger partial charge in [0.1, 0.15) is 0 Å². The summed E-state index contributed by atoms with van der Waals surface area (Å²) < 4.78 is 0. The van der Waals surface area contributed by atoms with Crippen LogP contribution in [0.15, 0.2) is 30.0 Å². The molecule has 2 heteroatoms. The number of hydrogen-bond acceptors (Lipinski definition) is 2. The summed E-state index contributed by atoms with van der Waals surface area (Å²) in [6.07, 6.45) is 3.63. The molecule has 1 nitrogen and oxygen atoms in total. The van der Waals surface area contributed by atoms with Crippen molar-refractivity contribution in [3.63, 3.8) is 0 Å². The molecule has 0 saturated carbocycles. The molecular formula is C8H11NS. The number of rotatable bonds is 3. The third kappa shape index (κ3) is 2.74. The Morgan fingerprint density at radius 1 is 1.80 bits per heavy atom. The minimum absolute atomic E-state index is 0.410. The molecule has 0 radical (unpaired) electrons. The van der Waals surface area contributed by atoms with Crippen molar-refractivity contribution >= 4 is 17.1 Å². The number of hydrogen-bond donors (Lipinski definition) is 1. The van der Waals surface area contributed by atoms with Crippen LogP contribution >= 0.6 is 12.2 Å². The maximum absolute atomic E-state index is 5.33. The molecule has 0 amide bonds. The smallest absolute Gasteiger partial charge is 0.0363 e. The third-order valence-electron chi connectivity index (χ3n) is 1.08. The lowest BCUT2D eigenvalue weighted by molar-refractivity contribution is 1.33. The third-order valence-corrected chi connectivity index (χ3v) is 1.48. The van der Waals surface area contributed by atoms with Crippen LogP contribution in [0.1, 0.15) is 6.92 Å². The molecule has 54 valence electrons. The number of nitrogens with two attached hydrogens (primary N) is 1. The minimum atomic E-state index is 0.410. The van der Waals surface area contributed by atoms with E-state index in [1.165, 1.54) is 0 Å². The average Bonchev–Trinajstić information content (AvgIpc) is 1.99. The van der Waals surface area contributed by atoms with Gasteiger partial charge in [0.25, 0.3) is 0 Å². The zero-order valence-corrected chi connectivity index (χ0v) is 6.87. The van der Waals surface area contributed by atoms with Crippen LogP contribution in [0.3, 0.4) is 0 Å². The molecule has 0 bridgehead atoms. The van der Waals surface area contributed by atoms with Gasteiger partial charge < -0.3 is 5.73 Å². The van der Waals surface area contributed by atoms with Gasteiger partial charge in [-0.05, 0) is 18.6 Å². The van der Waals surface area contributed by atoms with Gasteiger partial charge in [0, 0.05) is 11.4 Å². The highest BCUT2D eigenvalue weighted by Gasteiger charge is 1.95. The summed E-state index contributed by atoms with van der Waals surface area (Å²) in [6.45, 7) is 5.76. The van der Waals surface area contributed by atoms with Gasteiger partial charge in [0.05, 0.1) is 0 Å². The molecule has 0 spiro atoms. The van der Waals surface area contributed by atoms with Crippen molar-refractivity contribution in [1.82, 2.24) is 0 Å². The highest BCUT2D eigenvalue weighted by Crippen LogP contribution is 1.98. The van der Waals surface area contributed by atoms with Crippen LogP contribution in [0.25, 0.3) is 0 Å². The van der Waals surface area contributed by atoms with E-state index >= 15 is 0 Å². The lowest BCUT2D eigenvalue weighted by Crippen LogP contribution is -2.12. The fourth-order valence-corrected chi connectivity index (χ4v) is 0.729. The molecule has 0 fully saturated rings. The summed E-state index contributed by atoms with van der Waals surface area (Å²) in [4.78, 5) is 0.749. The largest absolute Gasteiger partial charge is 0.326 e. The Kier molecular flexibility index (Phi) is 4.77. The van der Waals surface area contributed by atoms with Crippen LogP contribution < -0.4 is 5.73 Å². The summed E-state index contributed by atoms with van der Waals surface area (Å²) in [6, 6.07) is 0. The second kappa shape index (κ2) is 5.12. The molecule has 0 heterocycles. The molecule has 0 aliphatic heterocycles. The average molecular weight is 153 g/mol. The van der Waals surface area contributed by atoms with Crippen LogP contribution in [-0.2, 0) is 0 Å². The SMILES string of the molecule is C=C=C/C(=C\C)C(=S)CN. The standard InChI is InChI=1S/C8H11NS/c1-3-5-7(4-2)8(10)6-9/h4-5H,1,6,9H2,2H3/b7-4+. The van der Waals surface area contributed by atoms with Gasteiger partial charge in [-0.1, -0.05) is 24.9 Å². The summed E-state index contributed by atoms with van der Waals surface area (Å²) in [5, 5.41) is 0. The van der Waals surface area contributed by atoms with Crippen LogP contribution in [0.5, 0.6) is 0 Å². The van der Waals surface area contributed by atoms with Crippen LogP contribution in [0.2, 0.25) is 0 Å². The molecule has 0 aromatic heterocycles. The molecule has 0 aliphatic rings. The van der Waals surface area contributed by atoms with Crippen molar-refractivity contribution < 1.29 is 0 Å². The van der Waals surface area contributed by atoms with Crippen LogP contribution in [0.4, 0.5) is 0 Å². The topological polar surface area (TPSA) is 26.0 Å². The molecule has 0 rings (SSSR count). The van der Waals surface area contributed by atoms with E-state index < -0.39 is 0 Å². The predicted octanol–water partition coefficient (Wildman–Crippen LogP) is 1.60. The Morgan fingerprint density at radius 2 is 2.40 bits per heavy atom. The quantitative estimate of drug-likeness (QED) is 0.288. The van der Waals surface area contributed by atoms with E-state index in [4.69, 9.17) is 18.0 Å². The van der Waals surface area contributed by atoms with E-state index in [0.717, 1.165) is 10.4 Å². The monoisotopic (exact) mass is 153 g/mol. The Labute approximate surface area is 66.9 Å². The lowest BCUT2D eigenvalue weighted by atomic mass is 10.2. The summed E-state index contributed by atoms with van der Waals surface area (Å²) in [7, 11) is 0. The fourth-order valence-electron chi connectivity index (χ4n) is 0.553. The highest BCUT2D eigenvalue weighted by atomic mass is 32.1. The molecule has 0 atom stereocenters. The molecule has 0 aromatic carbocycles.